The Hall–Kier alpha value is -2.28. The first kappa shape index (κ1) is 17.1. The zero-order valence-electron chi connectivity index (χ0n) is 15.6. The molecule has 0 atom stereocenters. The molecular formula is C19H26N6O. The van der Waals surface area contributed by atoms with Crippen LogP contribution in [0.1, 0.15) is 29.8 Å². The van der Waals surface area contributed by atoms with E-state index in [-0.39, 0.29) is 5.56 Å². The van der Waals surface area contributed by atoms with E-state index in [1.807, 2.05) is 6.92 Å². The van der Waals surface area contributed by atoms with E-state index in [1.54, 1.807) is 23.1 Å². The van der Waals surface area contributed by atoms with Gasteiger partial charge in [0.1, 0.15) is 12.1 Å². The average molecular weight is 354 g/mol. The van der Waals surface area contributed by atoms with Crippen LogP contribution in [-0.2, 0) is 19.5 Å². The lowest BCUT2D eigenvalue weighted by Gasteiger charge is -2.35. The topological polar surface area (TPSA) is 67.2 Å². The first-order valence-corrected chi connectivity index (χ1v) is 9.41. The van der Waals surface area contributed by atoms with Gasteiger partial charge < -0.3 is 9.80 Å². The zero-order valence-corrected chi connectivity index (χ0v) is 15.6. The zero-order chi connectivity index (χ0) is 18.1. The maximum absolute atomic E-state index is 12.0. The van der Waals surface area contributed by atoms with Gasteiger partial charge in [-0.05, 0) is 38.8 Å². The Morgan fingerprint density at radius 2 is 1.96 bits per heavy atom. The smallest absolute Gasteiger partial charge is 0.266 e. The SMILES string of the molecule is Cc1ccc(=O)n(CC2CCN(c3ncnc4c3CN(C)CC4)CC2)n1. The van der Waals surface area contributed by atoms with Crippen LogP contribution in [0.25, 0.3) is 0 Å². The van der Waals surface area contributed by atoms with E-state index in [0.717, 1.165) is 57.0 Å². The summed E-state index contributed by atoms with van der Waals surface area (Å²) >= 11 is 0. The lowest BCUT2D eigenvalue weighted by molar-refractivity contribution is 0.306. The monoisotopic (exact) mass is 354 g/mol. The van der Waals surface area contributed by atoms with Gasteiger partial charge >= 0.3 is 0 Å². The van der Waals surface area contributed by atoms with Gasteiger partial charge in [0.25, 0.3) is 5.56 Å². The Morgan fingerprint density at radius 3 is 2.77 bits per heavy atom. The number of nitrogens with zero attached hydrogens (tertiary/aromatic N) is 6. The molecule has 2 aliphatic rings. The maximum Gasteiger partial charge on any atom is 0.266 e. The van der Waals surface area contributed by atoms with Crippen molar-refractivity contribution in [1.29, 1.82) is 0 Å². The molecule has 1 saturated heterocycles. The predicted octanol–water partition coefficient (Wildman–Crippen LogP) is 1.25. The number of likely N-dealkylation sites (N-methyl/N-ethyl adjacent to an activating group) is 1. The standard InChI is InChI=1S/C19H26N6O/c1-14-3-4-18(26)25(22-14)11-15-5-9-24(10-6-15)19-16-12-23(2)8-7-17(16)20-13-21-19/h3-4,13,15H,5-12H2,1-2H3. The number of aryl methyl sites for hydroxylation is 1. The number of piperidine rings is 1. The van der Waals surface area contributed by atoms with Gasteiger partial charge in [-0.25, -0.2) is 14.6 Å². The summed E-state index contributed by atoms with van der Waals surface area (Å²) in [7, 11) is 2.15. The van der Waals surface area contributed by atoms with Crippen LogP contribution in [0.4, 0.5) is 5.82 Å². The molecule has 7 heteroatoms. The fraction of sp³-hybridized carbons (Fsp3) is 0.579. The van der Waals surface area contributed by atoms with Gasteiger partial charge in [-0.15, -0.1) is 0 Å². The average Bonchev–Trinajstić information content (AvgIpc) is 2.65. The van der Waals surface area contributed by atoms with Crippen molar-refractivity contribution < 1.29 is 0 Å². The summed E-state index contributed by atoms with van der Waals surface area (Å²) in [5.41, 5.74) is 3.37. The van der Waals surface area contributed by atoms with Gasteiger partial charge in [-0.2, -0.15) is 5.10 Å². The Balaban J connectivity index is 1.44. The molecule has 138 valence electrons. The third-order valence-corrected chi connectivity index (χ3v) is 5.52. The largest absolute Gasteiger partial charge is 0.356 e. The minimum atomic E-state index is -0.00839. The van der Waals surface area contributed by atoms with Crippen LogP contribution in [0.2, 0.25) is 0 Å². The van der Waals surface area contributed by atoms with Crippen LogP contribution in [0, 0.1) is 12.8 Å². The fourth-order valence-electron chi connectivity index (χ4n) is 3.99. The number of rotatable bonds is 3. The molecule has 0 N–H and O–H groups in total. The van der Waals surface area contributed by atoms with Crippen molar-refractivity contribution in [2.24, 2.45) is 5.92 Å². The van der Waals surface area contributed by atoms with Gasteiger partial charge in [0.05, 0.1) is 11.4 Å². The number of hydrogen-bond donors (Lipinski definition) is 0. The molecule has 1 fully saturated rings. The van der Waals surface area contributed by atoms with Crippen molar-refractivity contribution >= 4 is 5.82 Å². The van der Waals surface area contributed by atoms with E-state index in [2.05, 4.69) is 31.9 Å². The van der Waals surface area contributed by atoms with Crippen LogP contribution in [-0.4, -0.2) is 51.3 Å². The molecule has 0 amide bonds. The van der Waals surface area contributed by atoms with Gasteiger partial charge in [0.2, 0.25) is 0 Å². The maximum atomic E-state index is 12.0. The molecule has 4 heterocycles. The summed E-state index contributed by atoms with van der Waals surface area (Å²) in [5, 5.41) is 4.37. The van der Waals surface area contributed by atoms with Crippen molar-refractivity contribution in [2.75, 3.05) is 31.6 Å². The molecule has 0 bridgehead atoms. The lowest BCUT2D eigenvalue weighted by Crippen LogP contribution is -2.39. The van der Waals surface area contributed by atoms with E-state index in [4.69, 9.17) is 0 Å². The lowest BCUT2D eigenvalue weighted by atomic mass is 9.96. The second-order valence-electron chi connectivity index (χ2n) is 7.54. The molecule has 0 saturated carbocycles. The summed E-state index contributed by atoms with van der Waals surface area (Å²) in [6.45, 7) is 6.56. The normalized spacial score (nSPS) is 18.8. The van der Waals surface area contributed by atoms with Crippen molar-refractivity contribution in [3.8, 4) is 0 Å². The highest BCUT2D eigenvalue weighted by atomic mass is 16.1. The van der Waals surface area contributed by atoms with E-state index in [9.17, 15) is 4.79 Å². The molecular weight excluding hydrogens is 328 g/mol. The van der Waals surface area contributed by atoms with Gasteiger partial charge in [0.15, 0.2) is 0 Å². The van der Waals surface area contributed by atoms with Gasteiger partial charge in [-0.3, -0.25) is 4.79 Å². The van der Waals surface area contributed by atoms with Crippen LogP contribution in [0.5, 0.6) is 0 Å². The van der Waals surface area contributed by atoms with Crippen LogP contribution in [0.3, 0.4) is 0 Å². The predicted molar refractivity (Wildman–Crippen MR) is 100 cm³/mol. The van der Waals surface area contributed by atoms with Gasteiger partial charge in [-0.1, -0.05) is 0 Å². The van der Waals surface area contributed by atoms with E-state index < -0.39 is 0 Å². The highest BCUT2D eigenvalue weighted by molar-refractivity contribution is 5.49. The molecule has 26 heavy (non-hydrogen) atoms. The fourth-order valence-corrected chi connectivity index (χ4v) is 3.99. The van der Waals surface area contributed by atoms with Crippen molar-refractivity contribution in [2.45, 2.75) is 39.3 Å². The molecule has 0 spiro atoms. The molecule has 0 aliphatic carbocycles. The van der Waals surface area contributed by atoms with Crippen LogP contribution < -0.4 is 10.5 Å². The third kappa shape index (κ3) is 3.49. The second-order valence-corrected chi connectivity index (χ2v) is 7.54. The van der Waals surface area contributed by atoms with Crippen molar-refractivity contribution in [3.63, 3.8) is 0 Å². The highest BCUT2D eigenvalue weighted by Gasteiger charge is 2.26. The molecule has 2 aromatic heterocycles. The summed E-state index contributed by atoms with van der Waals surface area (Å²) in [6.07, 6.45) is 4.81. The Labute approximate surface area is 153 Å². The van der Waals surface area contributed by atoms with E-state index in [1.165, 1.54) is 11.3 Å². The Morgan fingerprint density at radius 1 is 1.15 bits per heavy atom. The second kappa shape index (κ2) is 7.15. The number of fused-ring (bicyclic) bond motifs is 1. The molecule has 0 unspecified atom stereocenters. The Bertz CT molecular complexity index is 840. The number of anilines is 1. The first-order valence-electron chi connectivity index (χ1n) is 9.41. The molecule has 2 aliphatic heterocycles. The summed E-state index contributed by atoms with van der Waals surface area (Å²) < 4.78 is 1.62. The third-order valence-electron chi connectivity index (χ3n) is 5.52. The van der Waals surface area contributed by atoms with E-state index >= 15 is 0 Å². The van der Waals surface area contributed by atoms with Crippen molar-refractivity contribution in [1.82, 2.24) is 24.6 Å². The minimum absolute atomic E-state index is 0.00839. The quantitative estimate of drug-likeness (QED) is 0.826. The molecule has 2 aromatic rings. The summed E-state index contributed by atoms with van der Waals surface area (Å²) in [4.78, 5) is 25.8. The number of hydrogen-bond acceptors (Lipinski definition) is 6. The molecule has 0 radical (unpaired) electrons. The first-order chi connectivity index (χ1) is 12.6. The summed E-state index contributed by atoms with van der Waals surface area (Å²) in [6, 6.07) is 3.39. The minimum Gasteiger partial charge on any atom is -0.356 e. The number of aromatic nitrogens is 4. The molecule has 4 rings (SSSR count). The van der Waals surface area contributed by atoms with Crippen LogP contribution >= 0.6 is 0 Å². The molecule has 0 aromatic carbocycles. The summed E-state index contributed by atoms with van der Waals surface area (Å²) in [5.74, 6) is 1.59. The highest BCUT2D eigenvalue weighted by Crippen LogP contribution is 2.29. The Kier molecular flexibility index (Phi) is 4.72. The van der Waals surface area contributed by atoms with Crippen LogP contribution in [0.15, 0.2) is 23.3 Å². The van der Waals surface area contributed by atoms with E-state index in [0.29, 0.717) is 12.5 Å². The van der Waals surface area contributed by atoms with Crippen molar-refractivity contribution in [3.05, 3.63) is 45.8 Å². The molecule has 7 nitrogen and oxygen atoms in total. The van der Waals surface area contributed by atoms with Gasteiger partial charge in [0, 0.05) is 50.8 Å².